The Hall–Kier alpha value is -1.61. The Morgan fingerprint density at radius 1 is 1.37 bits per heavy atom. The number of hydrogen-bond donors (Lipinski definition) is 1. The summed E-state index contributed by atoms with van der Waals surface area (Å²) in [5.74, 6) is -0.197. The first-order valence-electron chi connectivity index (χ1n) is 6.75. The first kappa shape index (κ1) is 12.4. The second-order valence-corrected chi connectivity index (χ2v) is 5.39. The van der Waals surface area contributed by atoms with E-state index in [1.54, 1.807) is 6.07 Å². The first-order valence-corrected chi connectivity index (χ1v) is 6.75. The molecule has 1 atom stereocenters. The van der Waals surface area contributed by atoms with Gasteiger partial charge in [-0.15, -0.1) is 0 Å². The highest BCUT2D eigenvalue weighted by Crippen LogP contribution is 2.30. The normalized spacial score (nSPS) is 18.4. The minimum absolute atomic E-state index is 0.197. The topological polar surface area (TPSA) is 25.2 Å². The Balaban J connectivity index is 1.89. The zero-order valence-corrected chi connectivity index (χ0v) is 11.1. The van der Waals surface area contributed by atoms with Crippen molar-refractivity contribution in [3.8, 4) is 0 Å². The number of aliphatic hydroxyl groups excluding tert-OH is 1. The summed E-state index contributed by atoms with van der Waals surface area (Å²) in [7, 11) is 0. The molecule has 1 aliphatic rings. The summed E-state index contributed by atoms with van der Waals surface area (Å²) >= 11 is 0. The summed E-state index contributed by atoms with van der Waals surface area (Å²) in [6.07, 6.45) is 6.67. The third-order valence-electron chi connectivity index (χ3n) is 3.94. The van der Waals surface area contributed by atoms with Crippen molar-refractivity contribution in [2.24, 2.45) is 0 Å². The molecule has 0 fully saturated rings. The van der Waals surface area contributed by atoms with Crippen LogP contribution in [0.1, 0.15) is 41.2 Å². The van der Waals surface area contributed by atoms with E-state index in [1.165, 1.54) is 11.6 Å². The van der Waals surface area contributed by atoms with Gasteiger partial charge in [-0.25, -0.2) is 4.39 Å². The molecule has 0 aliphatic heterocycles. The third kappa shape index (κ3) is 2.43. The van der Waals surface area contributed by atoms with E-state index in [0.29, 0.717) is 6.54 Å². The smallest absolute Gasteiger partial charge is 0.123 e. The van der Waals surface area contributed by atoms with Gasteiger partial charge in [0.2, 0.25) is 0 Å². The largest absolute Gasteiger partial charge is 0.388 e. The van der Waals surface area contributed by atoms with E-state index in [-0.39, 0.29) is 11.9 Å². The molecule has 1 aliphatic carbocycles. The fraction of sp³-hybridized carbons (Fsp3) is 0.375. The van der Waals surface area contributed by atoms with Crippen LogP contribution in [0.2, 0.25) is 0 Å². The number of rotatable bonds is 2. The van der Waals surface area contributed by atoms with E-state index < -0.39 is 0 Å². The van der Waals surface area contributed by atoms with Crippen molar-refractivity contribution >= 4 is 0 Å². The van der Waals surface area contributed by atoms with E-state index in [0.717, 1.165) is 36.0 Å². The molecule has 0 spiro atoms. The van der Waals surface area contributed by atoms with Crippen molar-refractivity contribution < 1.29 is 9.50 Å². The molecule has 0 saturated heterocycles. The van der Waals surface area contributed by atoms with Gasteiger partial charge in [-0.3, -0.25) is 0 Å². The maximum atomic E-state index is 13.3. The second-order valence-electron chi connectivity index (χ2n) is 5.39. The first-order chi connectivity index (χ1) is 9.13. The lowest BCUT2D eigenvalue weighted by Crippen LogP contribution is -2.05. The quantitative estimate of drug-likeness (QED) is 0.879. The molecule has 0 saturated carbocycles. The number of benzene rings is 1. The standard InChI is InChI=1S/C16H18FNO/c1-11-5-6-14(17)7-13(11)9-18-8-12-3-2-4-16(19)15(12)10-18/h5-8,10,16,19H,2-4,9H2,1H3. The fourth-order valence-electron chi connectivity index (χ4n) is 2.82. The van der Waals surface area contributed by atoms with Crippen molar-refractivity contribution in [2.75, 3.05) is 0 Å². The molecule has 3 rings (SSSR count). The summed E-state index contributed by atoms with van der Waals surface area (Å²) in [5.41, 5.74) is 4.35. The van der Waals surface area contributed by atoms with Gasteiger partial charge in [0.1, 0.15) is 5.82 Å². The molecule has 1 heterocycles. The molecule has 2 aromatic rings. The average Bonchev–Trinajstić information content (AvgIpc) is 2.78. The fourth-order valence-corrected chi connectivity index (χ4v) is 2.82. The van der Waals surface area contributed by atoms with Gasteiger partial charge < -0.3 is 9.67 Å². The average molecular weight is 259 g/mol. The minimum Gasteiger partial charge on any atom is -0.388 e. The van der Waals surface area contributed by atoms with Crippen molar-refractivity contribution in [2.45, 2.75) is 38.8 Å². The van der Waals surface area contributed by atoms with E-state index in [4.69, 9.17) is 0 Å². The van der Waals surface area contributed by atoms with E-state index in [2.05, 4.69) is 10.8 Å². The Bertz CT molecular complexity index is 603. The zero-order valence-electron chi connectivity index (χ0n) is 11.1. The van der Waals surface area contributed by atoms with Crippen LogP contribution in [-0.2, 0) is 13.0 Å². The van der Waals surface area contributed by atoms with Gasteiger partial charge in [-0.05, 0) is 55.0 Å². The molecule has 0 bridgehead atoms. The maximum absolute atomic E-state index is 13.3. The van der Waals surface area contributed by atoms with Gasteiger partial charge in [0.15, 0.2) is 0 Å². The van der Waals surface area contributed by atoms with Gasteiger partial charge in [-0.1, -0.05) is 6.07 Å². The van der Waals surface area contributed by atoms with Crippen LogP contribution in [0.15, 0.2) is 30.6 Å². The van der Waals surface area contributed by atoms with Gasteiger partial charge in [0.05, 0.1) is 6.10 Å². The van der Waals surface area contributed by atoms with Crippen molar-refractivity contribution in [3.63, 3.8) is 0 Å². The van der Waals surface area contributed by atoms with Crippen LogP contribution in [0.25, 0.3) is 0 Å². The lowest BCUT2D eigenvalue weighted by Gasteiger charge is -2.16. The molecule has 1 N–H and O–H groups in total. The Labute approximate surface area is 112 Å². The van der Waals surface area contributed by atoms with E-state index in [1.807, 2.05) is 19.2 Å². The molecule has 1 aromatic carbocycles. The highest BCUT2D eigenvalue weighted by atomic mass is 19.1. The van der Waals surface area contributed by atoms with E-state index >= 15 is 0 Å². The number of nitrogens with zero attached hydrogens (tertiary/aromatic N) is 1. The van der Waals surface area contributed by atoms with Crippen LogP contribution in [0, 0.1) is 12.7 Å². The molecular weight excluding hydrogens is 241 g/mol. The molecule has 19 heavy (non-hydrogen) atoms. The SMILES string of the molecule is Cc1ccc(F)cc1Cn1cc2c(c1)C(O)CCC2. The number of aromatic nitrogens is 1. The van der Waals surface area contributed by atoms with Gasteiger partial charge >= 0.3 is 0 Å². The number of hydrogen-bond acceptors (Lipinski definition) is 1. The minimum atomic E-state index is -0.335. The Kier molecular flexibility index (Phi) is 3.15. The van der Waals surface area contributed by atoms with Crippen LogP contribution >= 0.6 is 0 Å². The number of fused-ring (bicyclic) bond motifs is 1. The predicted octanol–water partition coefficient (Wildman–Crippen LogP) is 3.35. The van der Waals surface area contributed by atoms with E-state index in [9.17, 15) is 9.50 Å². The van der Waals surface area contributed by atoms with Crippen LogP contribution < -0.4 is 0 Å². The molecule has 0 radical (unpaired) electrons. The van der Waals surface area contributed by atoms with Crippen LogP contribution in [0.5, 0.6) is 0 Å². The highest BCUT2D eigenvalue weighted by Gasteiger charge is 2.19. The zero-order chi connectivity index (χ0) is 13.4. The number of aliphatic hydroxyl groups is 1. The number of halogens is 1. The lowest BCUT2D eigenvalue weighted by atomic mass is 9.93. The summed E-state index contributed by atoms with van der Waals surface area (Å²) in [4.78, 5) is 0. The van der Waals surface area contributed by atoms with Crippen LogP contribution in [0.3, 0.4) is 0 Å². The van der Waals surface area contributed by atoms with Crippen LogP contribution in [-0.4, -0.2) is 9.67 Å². The van der Waals surface area contributed by atoms with Gasteiger partial charge in [0.25, 0.3) is 0 Å². The van der Waals surface area contributed by atoms with Crippen molar-refractivity contribution in [1.29, 1.82) is 0 Å². The summed E-state index contributed by atoms with van der Waals surface area (Å²) in [6, 6.07) is 4.89. The summed E-state index contributed by atoms with van der Waals surface area (Å²) in [5, 5.41) is 9.97. The molecule has 3 heteroatoms. The van der Waals surface area contributed by atoms with Crippen molar-refractivity contribution in [1.82, 2.24) is 4.57 Å². The number of aryl methyl sites for hydroxylation is 2. The molecule has 1 unspecified atom stereocenters. The Morgan fingerprint density at radius 2 is 2.21 bits per heavy atom. The molecule has 0 amide bonds. The van der Waals surface area contributed by atoms with Gasteiger partial charge in [-0.2, -0.15) is 0 Å². The third-order valence-corrected chi connectivity index (χ3v) is 3.94. The molecule has 100 valence electrons. The molecular formula is C16H18FNO. The summed E-state index contributed by atoms with van der Waals surface area (Å²) < 4.78 is 15.3. The maximum Gasteiger partial charge on any atom is 0.123 e. The lowest BCUT2D eigenvalue weighted by molar-refractivity contribution is 0.157. The van der Waals surface area contributed by atoms with Crippen molar-refractivity contribution in [3.05, 3.63) is 58.7 Å². The van der Waals surface area contributed by atoms with Gasteiger partial charge in [0, 0.05) is 24.5 Å². The predicted molar refractivity (Wildman–Crippen MR) is 72.6 cm³/mol. The monoisotopic (exact) mass is 259 g/mol. The highest BCUT2D eigenvalue weighted by molar-refractivity contribution is 5.31. The molecule has 2 nitrogen and oxygen atoms in total. The molecule has 1 aromatic heterocycles. The van der Waals surface area contributed by atoms with Crippen LogP contribution in [0.4, 0.5) is 4.39 Å². The summed E-state index contributed by atoms with van der Waals surface area (Å²) in [6.45, 7) is 2.65. The second kappa shape index (κ2) is 4.82. The Morgan fingerprint density at radius 3 is 3.00 bits per heavy atom.